The fraction of sp³-hybridized carbons (Fsp3) is 0.143. The first kappa shape index (κ1) is 11.9. The molecule has 4 nitrogen and oxygen atoms in total. The minimum atomic E-state index is 0.500. The van der Waals surface area contributed by atoms with Gasteiger partial charge in [0.25, 0.3) is 0 Å². The number of aldehydes is 1. The lowest BCUT2D eigenvalue weighted by Crippen LogP contribution is -2.04. The molecular formula is C14H12N2O2. The van der Waals surface area contributed by atoms with Gasteiger partial charge in [-0.3, -0.25) is 4.79 Å². The molecule has 0 radical (unpaired) electrons. The van der Waals surface area contributed by atoms with Crippen LogP contribution in [0, 0.1) is 11.3 Å². The minimum Gasteiger partial charge on any atom is -0.496 e. The molecule has 0 saturated heterocycles. The molecule has 2 aromatic rings. The van der Waals surface area contributed by atoms with Crippen LogP contribution < -0.4 is 4.74 Å². The molecule has 0 bridgehead atoms. The summed E-state index contributed by atoms with van der Waals surface area (Å²) >= 11 is 0. The molecule has 90 valence electrons. The highest BCUT2D eigenvalue weighted by Gasteiger charge is 2.07. The fourth-order valence-corrected chi connectivity index (χ4v) is 1.83. The van der Waals surface area contributed by atoms with Crippen LogP contribution in [0.25, 0.3) is 0 Å². The molecule has 0 aliphatic rings. The van der Waals surface area contributed by atoms with Gasteiger partial charge in [-0.1, -0.05) is 0 Å². The zero-order chi connectivity index (χ0) is 13.0. The SMILES string of the molecule is COc1ccc(C#N)cc1Cn1cccc1C=O. The number of carbonyl (C=O) groups is 1. The smallest absolute Gasteiger partial charge is 0.166 e. The number of carbonyl (C=O) groups excluding carboxylic acids is 1. The Hall–Kier alpha value is -2.54. The Morgan fingerprint density at radius 2 is 2.28 bits per heavy atom. The van der Waals surface area contributed by atoms with Crippen molar-refractivity contribution in [3.63, 3.8) is 0 Å². The molecule has 1 aromatic heterocycles. The molecule has 0 aliphatic heterocycles. The largest absolute Gasteiger partial charge is 0.496 e. The van der Waals surface area contributed by atoms with Gasteiger partial charge in [0.05, 0.1) is 31.0 Å². The van der Waals surface area contributed by atoms with Crippen LogP contribution in [0.5, 0.6) is 5.75 Å². The second-order valence-corrected chi connectivity index (χ2v) is 3.82. The Morgan fingerprint density at radius 3 is 2.94 bits per heavy atom. The van der Waals surface area contributed by atoms with E-state index in [1.165, 1.54) is 0 Å². The maximum atomic E-state index is 10.9. The quantitative estimate of drug-likeness (QED) is 0.770. The number of methoxy groups -OCH3 is 1. The van der Waals surface area contributed by atoms with Gasteiger partial charge in [0.15, 0.2) is 6.29 Å². The number of aromatic nitrogens is 1. The number of rotatable bonds is 4. The molecule has 0 saturated carbocycles. The zero-order valence-electron chi connectivity index (χ0n) is 9.96. The van der Waals surface area contributed by atoms with Crippen molar-refractivity contribution in [3.05, 3.63) is 53.3 Å². The third-order valence-corrected chi connectivity index (χ3v) is 2.74. The van der Waals surface area contributed by atoms with Gasteiger partial charge in [-0.2, -0.15) is 5.26 Å². The van der Waals surface area contributed by atoms with Gasteiger partial charge in [0.2, 0.25) is 0 Å². The highest BCUT2D eigenvalue weighted by molar-refractivity contribution is 5.72. The van der Waals surface area contributed by atoms with E-state index in [2.05, 4.69) is 6.07 Å². The van der Waals surface area contributed by atoms with Crippen LogP contribution in [-0.2, 0) is 6.54 Å². The van der Waals surface area contributed by atoms with E-state index in [4.69, 9.17) is 10.00 Å². The van der Waals surface area contributed by atoms with E-state index in [1.54, 1.807) is 31.4 Å². The van der Waals surface area contributed by atoms with Crippen molar-refractivity contribution in [2.24, 2.45) is 0 Å². The summed E-state index contributed by atoms with van der Waals surface area (Å²) in [5, 5.41) is 8.90. The number of hydrogen-bond acceptors (Lipinski definition) is 3. The summed E-state index contributed by atoms with van der Waals surface area (Å²) in [6, 6.07) is 10.9. The topological polar surface area (TPSA) is 55.0 Å². The van der Waals surface area contributed by atoms with Crippen molar-refractivity contribution in [3.8, 4) is 11.8 Å². The summed E-state index contributed by atoms with van der Waals surface area (Å²) in [5.74, 6) is 0.708. The lowest BCUT2D eigenvalue weighted by atomic mass is 10.1. The predicted molar refractivity (Wildman–Crippen MR) is 66.6 cm³/mol. The fourth-order valence-electron chi connectivity index (χ4n) is 1.83. The lowest BCUT2D eigenvalue weighted by Gasteiger charge is -2.10. The van der Waals surface area contributed by atoms with E-state index in [0.717, 1.165) is 11.8 Å². The Kier molecular flexibility index (Phi) is 3.44. The van der Waals surface area contributed by atoms with Gasteiger partial charge in [-0.25, -0.2) is 0 Å². The molecule has 1 heterocycles. The highest BCUT2D eigenvalue weighted by Crippen LogP contribution is 2.21. The molecule has 4 heteroatoms. The minimum absolute atomic E-state index is 0.500. The second-order valence-electron chi connectivity index (χ2n) is 3.82. The van der Waals surface area contributed by atoms with E-state index in [9.17, 15) is 4.79 Å². The van der Waals surface area contributed by atoms with Crippen molar-refractivity contribution in [1.82, 2.24) is 4.57 Å². The standard InChI is InChI=1S/C14H12N2O2/c1-18-14-5-4-11(8-15)7-12(14)9-16-6-2-3-13(16)10-17/h2-7,10H,9H2,1H3. The molecule has 1 aromatic carbocycles. The molecule has 0 unspecified atom stereocenters. The van der Waals surface area contributed by atoms with Crippen molar-refractivity contribution >= 4 is 6.29 Å². The molecule has 0 atom stereocenters. The van der Waals surface area contributed by atoms with E-state index in [-0.39, 0.29) is 0 Å². The lowest BCUT2D eigenvalue weighted by molar-refractivity contribution is 0.111. The molecule has 0 amide bonds. The van der Waals surface area contributed by atoms with Crippen LogP contribution in [0.3, 0.4) is 0 Å². The molecule has 18 heavy (non-hydrogen) atoms. The number of nitriles is 1. The van der Waals surface area contributed by atoms with Crippen LogP contribution in [0.1, 0.15) is 21.6 Å². The monoisotopic (exact) mass is 240 g/mol. The van der Waals surface area contributed by atoms with E-state index >= 15 is 0 Å². The normalized spacial score (nSPS) is 9.78. The van der Waals surface area contributed by atoms with Gasteiger partial charge >= 0.3 is 0 Å². The predicted octanol–water partition coefficient (Wildman–Crippen LogP) is 2.23. The summed E-state index contributed by atoms with van der Waals surface area (Å²) in [4.78, 5) is 10.9. The van der Waals surface area contributed by atoms with Crippen LogP contribution >= 0.6 is 0 Å². The summed E-state index contributed by atoms with van der Waals surface area (Å²) in [6.45, 7) is 0.500. The number of benzene rings is 1. The third-order valence-electron chi connectivity index (χ3n) is 2.74. The Labute approximate surface area is 105 Å². The number of nitrogens with zero attached hydrogens (tertiary/aromatic N) is 2. The van der Waals surface area contributed by atoms with E-state index < -0.39 is 0 Å². The summed E-state index contributed by atoms with van der Waals surface area (Å²) in [5.41, 5.74) is 2.04. The van der Waals surface area contributed by atoms with Crippen molar-refractivity contribution in [2.75, 3.05) is 7.11 Å². The number of hydrogen-bond donors (Lipinski definition) is 0. The molecule has 0 spiro atoms. The van der Waals surface area contributed by atoms with Crippen molar-refractivity contribution < 1.29 is 9.53 Å². The van der Waals surface area contributed by atoms with Crippen molar-refractivity contribution in [1.29, 1.82) is 5.26 Å². The van der Waals surface area contributed by atoms with E-state index in [1.807, 2.05) is 16.8 Å². The van der Waals surface area contributed by atoms with Crippen molar-refractivity contribution in [2.45, 2.75) is 6.54 Å². The first-order valence-electron chi connectivity index (χ1n) is 5.46. The first-order chi connectivity index (χ1) is 8.78. The van der Waals surface area contributed by atoms with Gasteiger partial charge in [0, 0.05) is 11.8 Å². The Bertz CT molecular complexity index is 608. The summed E-state index contributed by atoms with van der Waals surface area (Å²) in [6.07, 6.45) is 2.63. The Morgan fingerprint density at radius 1 is 1.44 bits per heavy atom. The third kappa shape index (κ3) is 2.25. The highest BCUT2D eigenvalue weighted by atomic mass is 16.5. The van der Waals surface area contributed by atoms with Gasteiger partial charge in [0.1, 0.15) is 5.75 Å². The number of ether oxygens (including phenoxy) is 1. The first-order valence-corrected chi connectivity index (χ1v) is 5.46. The maximum absolute atomic E-state index is 10.9. The molecule has 2 rings (SSSR count). The van der Waals surface area contributed by atoms with Crippen LogP contribution in [-0.4, -0.2) is 18.0 Å². The average molecular weight is 240 g/mol. The van der Waals surface area contributed by atoms with Crippen LogP contribution in [0.4, 0.5) is 0 Å². The second kappa shape index (κ2) is 5.19. The van der Waals surface area contributed by atoms with Gasteiger partial charge < -0.3 is 9.30 Å². The van der Waals surface area contributed by atoms with Crippen LogP contribution in [0.15, 0.2) is 36.5 Å². The van der Waals surface area contributed by atoms with E-state index in [0.29, 0.717) is 23.6 Å². The maximum Gasteiger partial charge on any atom is 0.166 e. The van der Waals surface area contributed by atoms with Crippen LogP contribution in [0.2, 0.25) is 0 Å². The Balaban J connectivity index is 2.38. The zero-order valence-corrected chi connectivity index (χ0v) is 9.96. The average Bonchev–Trinajstić information content (AvgIpc) is 2.86. The molecule has 0 aliphatic carbocycles. The van der Waals surface area contributed by atoms with Gasteiger partial charge in [-0.15, -0.1) is 0 Å². The van der Waals surface area contributed by atoms with Gasteiger partial charge in [-0.05, 0) is 30.3 Å². The summed E-state index contributed by atoms with van der Waals surface area (Å²) < 4.78 is 7.07. The summed E-state index contributed by atoms with van der Waals surface area (Å²) in [7, 11) is 1.58. The molecular weight excluding hydrogens is 228 g/mol. The molecule has 0 N–H and O–H groups in total. The molecule has 0 fully saturated rings.